The number of nitrogens with one attached hydrogen (secondary N) is 1. The summed E-state index contributed by atoms with van der Waals surface area (Å²) in [6.45, 7) is -0.486. The largest absolute Gasteiger partial charge is 0.497 e. The SMILES string of the molecule is COc1ccc2nc(NC(=O)COC(=O)c3c(Cl)cccc3Cl)sc2c1. The lowest BCUT2D eigenvalue weighted by Crippen LogP contribution is -2.21. The molecule has 134 valence electrons. The molecule has 3 aromatic rings. The summed E-state index contributed by atoms with van der Waals surface area (Å²) in [6, 6.07) is 10.0. The third-order valence-corrected chi connectivity index (χ3v) is 4.91. The van der Waals surface area contributed by atoms with Crippen molar-refractivity contribution in [2.24, 2.45) is 0 Å². The van der Waals surface area contributed by atoms with E-state index in [1.807, 2.05) is 6.07 Å². The Balaban J connectivity index is 1.63. The molecule has 0 fully saturated rings. The van der Waals surface area contributed by atoms with Gasteiger partial charge in [-0.15, -0.1) is 0 Å². The van der Waals surface area contributed by atoms with Crippen LogP contribution in [-0.4, -0.2) is 30.6 Å². The van der Waals surface area contributed by atoms with Crippen molar-refractivity contribution in [3.05, 3.63) is 52.0 Å². The van der Waals surface area contributed by atoms with Gasteiger partial charge in [0.1, 0.15) is 5.75 Å². The zero-order chi connectivity index (χ0) is 18.7. The number of ether oxygens (including phenoxy) is 2. The Morgan fingerprint density at radius 2 is 1.92 bits per heavy atom. The smallest absolute Gasteiger partial charge is 0.341 e. The van der Waals surface area contributed by atoms with Gasteiger partial charge in [0.05, 0.1) is 32.9 Å². The zero-order valence-electron chi connectivity index (χ0n) is 13.4. The van der Waals surface area contributed by atoms with E-state index < -0.39 is 18.5 Å². The van der Waals surface area contributed by atoms with Gasteiger partial charge in [0, 0.05) is 0 Å². The topological polar surface area (TPSA) is 77.5 Å². The normalized spacial score (nSPS) is 10.6. The van der Waals surface area contributed by atoms with Crippen molar-refractivity contribution in [2.45, 2.75) is 0 Å². The number of hydrogen-bond donors (Lipinski definition) is 1. The fourth-order valence-corrected chi connectivity index (χ4v) is 3.60. The van der Waals surface area contributed by atoms with Gasteiger partial charge in [-0.3, -0.25) is 10.1 Å². The second-order valence-electron chi connectivity index (χ2n) is 5.07. The Labute approximate surface area is 162 Å². The second kappa shape index (κ2) is 7.90. The highest BCUT2D eigenvalue weighted by Crippen LogP contribution is 2.29. The Bertz CT molecular complexity index is 970. The van der Waals surface area contributed by atoms with Crippen molar-refractivity contribution < 1.29 is 19.1 Å². The fraction of sp³-hybridized carbons (Fsp3) is 0.118. The molecule has 0 atom stereocenters. The standard InChI is InChI=1S/C17H12Cl2N2O4S/c1-24-9-5-6-12-13(7-9)26-17(20-12)21-14(22)8-25-16(23)15-10(18)3-2-4-11(15)19/h2-7H,8H2,1H3,(H,20,21,22). The van der Waals surface area contributed by atoms with Crippen molar-refractivity contribution in [3.8, 4) is 5.75 Å². The predicted octanol–water partition coefficient (Wildman–Crippen LogP) is 4.41. The lowest BCUT2D eigenvalue weighted by molar-refractivity contribution is -0.119. The summed E-state index contributed by atoms with van der Waals surface area (Å²) < 4.78 is 11.0. The van der Waals surface area contributed by atoms with Gasteiger partial charge >= 0.3 is 5.97 Å². The number of carbonyl (C=O) groups is 2. The van der Waals surface area contributed by atoms with E-state index in [9.17, 15) is 9.59 Å². The van der Waals surface area contributed by atoms with E-state index in [4.69, 9.17) is 32.7 Å². The van der Waals surface area contributed by atoms with Crippen LogP contribution in [0.3, 0.4) is 0 Å². The number of halogens is 2. The molecule has 1 amide bonds. The first-order chi connectivity index (χ1) is 12.5. The van der Waals surface area contributed by atoms with E-state index in [2.05, 4.69) is 10.3 Å². The summed E-state index contributed by atoms with van der Waals surface area (Å²) in [5.74, 6) is -0.595. The Kier molecular flexibility index (Phi) is 5.61. The molecule has 0 saturated carbocycles. The van der Waals surface area contributed by atoms with Gasteiger partial charge in [-0.25, -0.2) is 9.78 Å². The van der Waals surface area contributed by atoms with Crippen LogP contribution < -0.4 is 10.1 Å². The average molecular weight is 411 g/mol. The summed E-state index contributed by atoms with van der Waals surface area (Å²) in [5.41, 5.74) is 0.752. The maximum absolute atomic E-state index is 12.1. The number of nitrogens with zero attached hydrogens (tertiary/aromatic N) is 1. The van der Waals surface area contributed by atoms with Crippen LogP contribution in [0, 0.1) is 0 Å². The number of amides is 1. The molecule has 0 bridgehead atoms. The molecule has 1 N–H and O–H groups in total. The third-order valence-electron chi connectivity index (χ3n) is 3.34. The number of esters is 1. The van der Waals surface area contributed by atoms with Crippen LogP contribution in [0.5, 0.6) is 5.75 Å². The molecule has 3 rings (SSSR count). The molecule has 9 heteroatoms. The Hall–Kier alpha value is -2.35. The molecule has 26 heavy (non-hydrogen) atoms. The first-order valence-corrected chi connectivity index (χ1v) is 8.90. The van der Waals surface area contributed by atoms with Crippen molar-refractivity contribution in [3.63, 3.8) is 0 Å². The minimum Gasteiger partial charge on any atom is -0.497 e. The molecular weight excluding hydrogens is 399 g/mol. The maximum atomic E-state index is 12.1. The van der Waals surface area contributed by atoms with Gasteiger partial charge in [-0.2, -0.15) is 0 Å². The van der Waals surface area contributed by atoms with Gasteiger partial charge in [0.2, 0.25) is 0 Å². The quantitative estimate of drug-likeness (QED) is 0.630. The number of hydrogen-bond acceptors (Lipinski definition) is 6. The second-order valence-corrected chi connectivity index (χ2v) is 6.92. The van der Waals surface area contributed by atoms with Crippen LogP contribution in [0.4, 0.5) is 5.13 Å². The molecule has 1 heterocycles. The summed E-state index contributed by atoms with van der Waals surface area (Å²) in [6.07, 6.45) is 0. The molecule has 0 saturated heterocycles. The highest BCUT2D eigenvalue weighted by Gasteiger charge is 2.18. The van der Waals surface area contributed by atoms with Crippen LogP contribution in [0.25, 0.3) is 10.2 Å². The van der Waals surface area contributed by atoms with E-state index in [0.717, 1.165) is 10.2 Å². The molecule has 0 aliphatic heterocycles. The first-order valence-electron chi connectivity index (χ1n) is 7.33. The van der Waals surface area contributed by atoms with Gasteiger partial charge < -0.3 is 9.47 Å². The Morgan fingerprint density at radius 1 is 1.19 bits per heavy atom. The number of benzene rings is 2. The monoisotopic (exact) mass is 410 g/mol. The molecule has 1 aromatic heterocycles. The summed E-state index contributed by atoms with van der Waals surface area (Å²) in [4.78, 5) is 28.4. The molecule has 6 nitrogen and oxygen atoms in total. The van der Waals surface area contributed by atoms with Crippen LogP contribution in [0.2, 0.25) is 10.0 Å². The third kappa shape index (κ3) is 4.07. The van der Waals surface area contributed by atoms with Crippen molar-refractivity contribution in [1.29, 1.82) is 0 Å². The summed E-state index contributed by atoms with van der Waals surface area (Å²) in [5, 5.41) is 3.29. The first kappa shape index (κ1) is 18.4. The van der Waals surface area contributed by atoms with E-state index in [1.54, 1.807) is 25.3 Å². The minimum atomic E-state index is -0.773. The molecule has 0 spiro atoms. The number of fused-ring (bicyclic) bond motifs is 1. The van der Waals surface area contributed by atoms with Gasteiger partial charge in [0.15, 0.2) is 11.7 Å². The van der Waals surface area contributed by atoms with Crippen LogP contribution in [-0.2, 0) is 9.53 Å². The lowest BCUT2D eigenvalue weighted by Gasteiger charge is -2.07. The van der Waals surface area contributed by atoms with E-state index >= 15 is 0 Å². The summed E-state index contributed by atoms with van der Waals surface area (Å²) in [7, 11) is 1.57. The molecule has 0 unspecified atom stereocenters. The Morgan fingerprint density at radius 3 is 2.62 bits per heavy atom. The zero-order valence-corrected chi connectivity index (χ0v) is 15.7. The van der Waals surface area contributed by atoms with Gasteiger partial charge in [0.25, 0.3) is 5.91 Å². The van der Waals surface area contributed by atoms with Crippen LogP contribution >= 0.6 is 34.5 Å². The van der Waals surface area contributed by atoms with Crippen LogP contribution in [0.1, 0.15) is 10.4 Å². The van der Waals surface area contributed by atoms with E-state index in [0.29, 0.717) is 10.9 Å². The lowest BCUT2D eigenvalue weighted by atomic mass is 10.2. The highest BCUT2D eigenvalue weighted by molar-refractivity contribution is 7.22. The number of thiazole rings is 1. The molecule has 0 aliphatic carbocycles. The number of anilines is 1. The minimum absolute atomic E-state index is 0.0238. The van der Waals surface area contributed by atoms with Crippen molar-refractivity contribution in [1.82, 2.24) is 4.98 Å². The predicted molar refractivity (Wildman–Crippen MR) is 102 cm³/mol. The maximum Gasteiger partial charge on any atom is 0.341 e. The molecule has 2 aromatic carbocycles. The van der Waals surface area contributed by atoms with Crippen molar-refractivity contribution >= 4 is 61.8 Å². The van der Waals surface area contributed by atoms with Crippen LogP contribution in [0.15, 0.2) is 36.4 Å². The fourth-order valence-electron chi connectivity index (χ4n) is 2.14. The number of aromatic nitrogens is 1. The number of methoxy groups -OCH3 is 1. The number of carbonyl (C=O) groups excluding carboxylic acids is 2. The summed E-state index contributed by atoms with van der Waals surface area (Å²) >= 11 is 13.2. The highest BCUT2D eigenvalue weighted by atomic mass is 35.5. The van der Waals surface area contributed by atoms with E-state index in [-0.39, 0.29) is 15.6 Å². The van der Waals surface area contributed by atoms with Gasteiger partial charge in [-0.05, 0) is 30.3 Å². The molecular formula is C17H12Cl2N2O4S. The van der Waals surface area contributed by atoms with E-state index in [1.165, 1.54) is 23.5 Å². The average Bonchev–Trinajstić information content (AvgIpc) is 3.00. The number of rotatable bonds is 5. The van der Waals surface area contributed by atoms with Crippen molar-refractivity contribution in [2.75, 3.05) is 19.0 Å². The molecule has 0 aliphatic rings. The van der Waals surface area contributed by atoms with Gasteiger partial charge in [-0.1, -0.05) is 40.6 Å². The molecule has 0 radical (unpaired) electrons.